The zero-order valence-electron chi connectivity index (χ0n) is 6.07. The van der Waals surface area contributed by atoms with Gasteiger partial charge in [0.05, 0.1) is 0 Å². The monoisotopic (exact) mass is 113 g/mol. The van der Waals surface area contributed by atoms with Crippen LogP contribution in [0.5, 0.6) is 0 Å². The maximum Gasteiger partial charge on any atom is 0 e. The molecule has 0 amide bonds. The van der Waals surface area contributed by atoms with Crippen molar-refractivity contribution in [2.75, 3.05) is 19.6 Å². The van der Waals surface area contributed by atoms with Crippen molar-refractivity contribution in [3.05, 3.63) is 7.43 Å². The summed E-state index contributed by atoms with van der Waals surface area (Å²) in [4.78, 5) is 2.38. The van der Waals surface area contributed by atoms with Crippen LogP contribution in [0.25, 0.3) is 0 Å². The molecule has 4 radical (unpaired) electrons. The highest BCUT2D eigenvalue weighted by molar-refractivity contribution is 4.43. The van der Waals surface area contributed by atoms with Gasteiger partial charge in [0, 0.05) is 7.43 Å². The lowest BCUT2D eigenvalue weighted by atomic mass is 10.5. The molecule has 0 unspecified atom stereocenters. The molecule has 0 aliphatic heterocycles. The Kier molecular flexibility index (Phi) is 9.44. The number of nitrogens with zero attached hydrogens (tertiary/aromatic N) is 1. The van der Waals surface area contributed by atoms with Gasteiger partial charge in [0.25, 0.3) is 0 Å². The molecule has 0 saturated heterocycles. The first-order chi connectivity index (χ1) is 3.35. The van der Waals surface area contributed by atoms with Crippen LogP contribution in [-0.4, -0.2) is 24.5 Å². The Labute approximate surface area is 53.7 Å². The van der Waals surface area contributed by atoms with Crippen molar-refractivity contribution in [3.8, 4) is 0 Å². The van der Waals surface area contributed by atoms with E-state index in [4.69, 9.17) is 0 Å². The van der Waals surface area contributed by atoms with Crippen LogP contribution in [-0.2, 0) is 0 Å². The first kappa shape index (κ1) is 10.9. The van der Waals surface area contributed by atoms with Crippen molar-refractivity contribution >= 4 is 0 Å². The molecule has 0 heterocycles. The second kappa shape index (κ2) is 6.96. The third kappa shape index (κ3) is 4.13. The van der Waals surface area contributed by atoms with E-state index in [1.807, 2.05) is 0 Å². The molecular formula is C7H15N. The highest BCUT2D eigenvalue weighted by Crippen LogP contribution is 1.81. The molecular weight excluding hydrogens is 98.1 g/mol. The van der Waals surface area contributed by atoms with Gasteiger partial charge >= 0.3 is 0 Å². The molecule has 0 aliphatic carbocycles. The Bertz CT molecular complexity index is 25.9. The summed E-state index contributed by atoms with van der Waals surface area (Å²) in [6.07, 6.45) is 0. The highest BCUT2D eigenvalue weighted by atomic mass is 15.1. The smallest absolute Gasteiger partial charge is 0 e. The van der Waals surface area contributed by atoms with Crippen molar-refractivity contribution in [3.63, 3.8) is 0 Å². The van der Waals surface area contributed by atoms with Gasteiger partial charge < -0.3 is 4.90 Å². The van der Waals surface area contributed by atoms with Gasteiger partial charge in [0.2, 0.25) is 0 Å². The SMILES string of the molecule is CCN(CC)CC.[C]. The maximum atomic E-state index is 2.38. The molecule has 0 aromatic heterocycles. The van der Waals surface area contributed by atoms with Gasteiger partial charge in [-0.15, -0.1) is 0 Å². The molecule has 0 spiro atoms. The third-order valence-electron chi connectivity index (χ3n) is 1.34. The molecule has 48 valence electrons. The molecule has 0 N–H and O–H groups in total. The maximum absolute atomic E-state index is 2.38. The summed E-state index contributed by atoms with van der Waals surface area (Å²) in [5.74, 6) is 0. The van der Waals surface area contributed by atoms with E-state index < -0.39 is 0 Å². The topological polar surface area (TPSA) is 3.24 Å². The summed E-state index contributed by atoms with van der Waals surface area (Å²) in [5.41, 5.74) is 0. The van der Waals surface area contributed by atoms with E-state index >= 15 is 0 Å². The van der Waals surface area contributed by atoms with Crippen molar-refractivity contribution in [2.45, 2.75) is 20.8 Å². The molecule has 0 saturated carbocycles. The van der Waals surface area contributed by atoms with Crippen LogP contribution in [0, 0.1) is 7.43 Å². The minimum absolute atomic E-state index is 0. The normalized spacial score (nSPS) is 9.00. The summed E-state index contributed by atoms with van der Waals surface area (Å²) >= 11 is 0. The van der Waals surface area contributed by atoms with Gasteiger partial charge in [-0.3, -0.25) is 0 Å². The van der Waals surface area contributed by atoms with Crippen LogP contribution < -0.4 is 0 Å². The van der Waals surface area contributed by atoms with Crippen LogP contribution in [0.3, 0.4) is 0 Å². The van der Waals surface area contributed by atoms with Crippen LogP contribution in [0.4, 0.5) is 0 Å². The lowest BCUT2D eigenvalue weighted by molar-refractivity contribution is 0.321. The van der Waals surface area contributed by atoms with E-state index in [1.54, 1.807) is 0 Å². The Morgan fingerprint density at radius 2 is 1.12 bits per heavy atom. The summed E-state index contributed by atoms with van der Waals surface area (Å²) in [7, 11) is 0. The fourth-order valence-electron chi connectivity index (χ4n) is 0.671. The van der Waals surface area contributed by atoms with Gasteiger partial charge in [-0.2, -0.15) is 0 Å². The number of hydrogen-bond donors (Lipinski definition) is 0. The Hall–Kier alpha value is -0.0400. The quantitative estimate of drug-likeness (QED) is 0.535. The van der Waals surface area contributed by atoms with E-state index in [0.717, 1.165) is 0 Å². The molecule has 0 rings (SSSR count). The second-order valence-corrected chi connectivity index (χ2v) is 1.62. The number of rotatable bonds is 3. The van der Waals surface area contributed by atoms with E-state index in [-0.39, 0.29) is 7.43 Å². The van der Waals surface area contributed by atoms with Gasteiger partial charge in [-0.05, 0) is 19.6 Å². The lowest BCUT2D eigenvalue weighted by Crippen LogP contribution is -2.21. The fourth-order valence-corrected chi connectivity index (χ4v) is 0.671. The standard InChI is InChI=1S/C6H15N.C/c1-4-7(5-2)6-3;/h4-6H2,1-3H3;. The summed E-state index contributed by atoms with van der Waals surface area (Å²) in [5, 5.41) is 0. The predicted molar refractivity (Wildman–Crippen MR) is 36.7 cm³/mol. The first-order valence-corrected chi connectivity index (χ1v) is 3.07. The molecule has 0 bridgehead atoms. The molecule has 0 aromatic rings. The Balaban J connectivity index is 0. The second-order valence-electron chi connectivity index (χ2n) is 1.62. The predicted octanol–water partition coefficient (Wildman–Crippen LogP) is 1.43. The summed E-state index contributed by atoms with van der Waals surface area (Å²) in [6.45, 7) is 10.1. The summed E-state index contributed by atoms with van der Waals surface area (Å²) in [6, 6.07) is 0. The largest absolute Gasteiger partial charge is 0.304 e. The van der Waals surface area contributed by atoms with Gasteiger partial charge in [-0.25, -0.2) is 0 Å². The third-order valence-corrected chi connectivity index (χ3v) is 1.34. The fraction of sp³-hybridized carbons (Fsp3) is 0.857. The summed E-state index contributed by atoms with van der Waals surface area (Å²) < 4.78 is 0. The Morgan fingerprint density at radius 3 is 1.12 bits per heavy atom. The van der Waals surface area contributed by atoms with Crippen molar-refractivity contribution in [1.82, 2.24) is 4.90 Å². The van der Waals surface area contributed by atoms with Gasteiger partial charge in [-0.1, -0.05) is 20.8 Å². The average molecular weight is 113 g/mol. The molecule has 1 nitrogen and oxygen atoms in total. The van der Waals surface area contributed by atoms with Gasteiger partial charge in [0.1, 0.15) is 0 Å². The van der Waals surface area contributed by atoms with Crippen molar-refractivity contribution in [2.24, 2.45) is 0 Å². The van der Waals surface area contributed by atoms with Crippen LogP contribution in [0.15, 0.2) is 0 Å². The van der Waals surface area contributed by atoms with E-state index in [9.17, 15) is 0 Å². The van der Waals surface area contributed by atoms with Crippen LogP contribution in [0.1, 0.15) is 20.8 Å². The van der Waals surface area contributed by atoms with Crippen molar-refractivity contribution in [1.29, 1.82) is 0 Å². The van der Waals surface area contributed by atoms with Crippen LogP contribution >= 0.6 is 0 Å². The van der Waals surface area contributed by atoms with Crippen molar-refractivity contribution < 1.29 is 0 Å². The van der Waals surface area contributed by atoms with Crippen LogP contribution in [0.2, 0.25) is 0 Å². The molecule has 0 atom stereocenters. The average Bonchev–Trinajstić information content (AvgIpc) is 1.72. The molecule has 1 heteroatoms. The van der Waals surface area contributed by atoms with E-state index in [0.29, 0.717) is 0 Å². The zero-order valence-corrected chi connectivity index (χ0v) is 6.07. The molecule has 0 aliphatic rings. The number of hydrogen-bond acceptors (Lipinski definition) is 1. The minimum Gasteiger partial charge on any atom is -0.304 e. The molecule has 8 heavy (non-hydrogen) atoms. The molecule has 0 fully saturated rings. The minimum atomic E-state index is 0. The lowest BCUT2D eigenvalue weighted by Gasteiger charge is -2.13. The van der Waals surface area contributed by atoms with E-state index in [2.05, 4.69) is 25.7 Å². The van der Waals surface area contributed by atoms with Gasteiger partial charge in [0.15, 0.2) is 0 Å². The zero-order chi connectivity index (χ0) is 5.70. The van der Waals surface area contributed by atoms with E-state index in [1.165, 1.54) is 19.6 Å². The Morgan fingerprint density at radius 1 is 0.875 bits per heavy atom. The molecule has 0 aromatic carbocycles. The first-order valence-electron chi connectivity index (χ1n) is 3.07. The highest BCUT2D eigenvalue weighted by Gasteiger charge is 1.89.